The minimum atomic E-state index is 0.620. The van der Waals surface area contributed by atoms with Gasteiger partial charge in [-0.25, -0.2) is 0 Å². The van der Waals surface area contributed by atoms with E-state index in [1.54, 1.807) is 0 Å². The van der Waals surface area contributed by atoms with E-state index in [1.807, 2.05) is 11.7 Å². The minimum absolute atomic E-state index is 0.620. The first-order valence-corrected chi connectivity index (χ1v) is 7.79. The van der Waals surface area contributed by atoms with Crippen LogP contribution < -0.4 is 4.74 Å². The van der Waals surface area contributed by atoms with E-state index in [1.165, 1.54) is 29.4 Å². The largest absolute Gasteiger partial charge is 0.477 e. The molecule has 3 rings (SSSR count). The van der Waals surface area contributed by atoms with Crippen LogP contribution in [0.2, 0.25) is 0 Å². The van der Waals surface area contributed by atoms with Crippen LogP contribution in [0.25, 0.3) is 11.0 Å². The van der Waals surface area contributed by atoms with E-state index in [0.29, 0.717) is 12.5 Å². The summed E-state index contributed by atoms with van der Waals surface area (Å²) in [7, 11) is 1.94. The first-order valence-electron chi connectivity index (χ1n) is 7.26. The van der Waals surface area contributed by atoms with Crippen molar-refractivity contribution in [3.63, 3.8) is 0 Å². The fraction of sp³-hybridized carbons (Fsp3) is 0.600. The highest BCUT2D eigenvalue weighted by Crippen LogP contribution is 2.35. The quantitative estimate of drug-likeness (QED) is 0.642. The summed E-state index contributed by atoms with van der Waals surface area (Å²) in [5.41, 5.74) is 4.69. The summed E-state index contributed by atoms with van der Waals surface area (Å²) in [6.45, 7) is 2.69. The van der Waals surface area contributed by atoms with E-state index in [0.717, 1.165) is 36.5 Å². The number of ether oxygens (including phenoxy) is 1. The summed E-state index contributed by atoms with van der Waals surface area (Å²) in [5, 5.41) is 5.74. The molecule has 0 fully saturated rings. The van der Waals surface area contributed by atoms with Crippen LogP contribution in [0, 0.1) is 6.92 Å². The number of nitrogens with zero attached hydrogens (tertiary/aromatic N) is 3. The van der Waals surface area contributed by atoms with Crippen LogP contribution >= 0.6 is 11.6 Å². The maximum absolute atomic E-state index is 5.88. The van der Waals surface area contributed by atoms with Crippen LogP contribution in [0.5, 0.6) is 5.88 Å². The van der Waals surface area contributed by atoms with E-state index < -0.39 is 0 Å². The van der Waals surface area contributed by atoms with Crippen molar-refractivity contribution in [1.82, 2.24) is 14.8 Å². The zero-order valence-corrected chi connectivity index (χ0v) is 12.8. The van der Waals surface area contributed by atoms with Gasteiger partial charge in [0.1, 0.15) is 0 Å². The molecule has 1 aliphatic rings. The lowest BCUT2D eigenvalue weighted by Crippen LogP contribution is -2.10. The van der Waals surface area contributed by atoms with Crippen molar-refractivity contribution >= 4 is 22.6 Å². The molecule has 0 saturated carbocycles. The molecule has 2 aromatic heterocycles. The van der Waals surface area contributed by atoms with Crippen LogP contribution in [0.1, 0.15) is 36.1 Å². The fourth-order valence-electron chi connectivity index (χ4n) is 3.05. The van der Waals surface area contributed by atoms with E-state index in [9.17, 15) is 0 Å². The first-order chi connectivity index (χ1) is 9.72. The molecule has 0 atom stereocenters. The highest BCUT2D eigenvalue weighted by molar-refractivity contribution is 6.17. The third-order valence-electron chi connectivity index (χ3n) is 3.94. The highest BCUT2D eigenvalue weighted by Gasteiger charge is 2.22. The minimum Gasteiger partial charge on any atom is -0.477 e. The number of alkyl halides is 1. The normalized spacial score (nSPS) is 14.6. The summed E-state index contributed by atoms with van der Waals surface area (Å²) in [6.07, 6.45) is 5.46. The molecule has 20 heavy (non-hydrogen) atoms. The van der Waals surface area contributed by atoms with Crippen molar-refractivity contribution in [2.45, 2.75) is 39.0 Å². The highest BCUT2D eigenvalue weighted by atomic mass is 35.5. The molecule has 0 aliphatic heterocycles. The van der Waals surface area contributed by atoms with Gasteiger partial charge in [0, 0.05) is 23.9 Å². The predicted molar refractivity (Wildman–Crippen MR) is 80.7 cm³/mol. The summed E-state index contributed by atoms with van der Waals surface area (Å²) in [5.74, 6) is 1.41. The number of rotatable bonds is 4. The molecule has 0 saturated heterocycles. The first kappa shape index (κ1) is 13.7. The van der Waals surface area contributed by atoms with Crippen LogP contribution in [-0.2, 0) is 19.9 Å². The third-order valence-corrected chi connectivity index (χ3v) is 4.21. The number of aryl methyl sites for hydroxylation is 3. The summed E-state index contributed by atoms with van der Waals surface area (Å²) >= 11 is 5.72. The number of hydrogen-bond donors (Lipinski definition) is 0. The Morgan fingerprint density at radius 1 is 1.25 bits per heavy atom. The van der Waals surface area contributed by atoms with Crippen molar-refractivity contribution in [2.24, 2.45) is 7.05 Å². The van der Waals surface area contributed by atoms with E-state index in [4.69, 9.17) is 21.3 Å². The number of fused-ring (bicyclic) bond motifs is 3. The van der Waals surface area contributed by atoms with Gasteiger partial charge in [0.15, 0.2) is 5.65 Å². The maximum Gasteiger partial charge on any atom is 0.218 e. The zero-order chi connectivity index (χ0) is 14.1. The molecule has 2 heterocycles. The molecule has 0 unspecified atom stereocenters. The lowest BCUT2D eigenvalue weighted by molar-refractivity contribution is 0.302. The molecule has 4 nitrogen and oxygen atoms in total. The lowest BCUT2D eigenvalue weighted by atomic mass is 9.90. The standard InChI is InChI=1S/C15H20ClN3O/c1-10-13-11-6-3-4-7-12(11)15(20-9-5-8-16)17-14(13)19(2)18-10/h3-9H2,1-2H3. The van der Waals surface area contributed by atoms with Crippen molar-refractivity contribution in [3.05, 3.63) is 16.8 Å². The topological polar surface area (TPSA) is 39.9 Å². The Bertz CT molecular complexity index is 636. The molecular weight excluding hydrogens is 274 g/mol. The molecule has 0 amide bonds. The van der Waals surface area contributed by atoms with Crippen molar-refractivity contribution < 1.29 is 4.74 Å². The maximum atomic E-state index is 5.88. The van der Waals surface area contributed by atoms with Gasteiger partial charge in [-0.05, 0) is 44.6 Å². The number of aromatic nitrogens is 3. The van der Waals surface area contributed by atoms with Crippen molar-refractivity contribution in [2.75, 3.05) is 12.5 Å². The summed E-state index contributed by atoms with van der Waals surface area (Å²) in [6, 6.07) is 0. The second-order valence-corrected chi connectivity index (χ2v) is 5.76. The van der Waals surface area contributed by atoms with Gasteiger partial charge in [0.05, 0.1) is 12.3 Å². The Balaban J connectivity index is 2.12. The van der Waals surface area contributed by atoms with Gasteiger partial charge >= 0.3 is 0 Å². The Morgan fingerprint density at radius 2 is 2.00 bits per heavy atom. The van der Waals surface area contributed by atoms with E-state index >= 15 is 0 Å². The monoisotopic (exact) mass is 293 g/mol. The molecule has 0 radical (unpaired) electrons. The van der Waals surface area contributed by atoms with Crippen LogP contribution in [-0.4, -0.2) is 27.3 Å². The van der Waals surface area contributed by atoms with Crippen LogP contribution in [0.15, 0.2) is 0 Å². The number of pyridine rings is 1. The predicted octanol–water partition coefficient (Wildman–Crippen LogP) is 3.16. The van der Waals surface area contributed by atoms with Gasteiger partial charge in [-0.15, -0.1) is 11.6 Å². The average molecular weight is 294 g/mol. The van der Waals surface area contributed by atoms with Gasteiger partial charge in [-0.3, -0.25) is 4.68 Å². The molecule has 1 aliphatic carbocycles. The average Bonchev–Trinajstić information content (AvgIpc) is 2.74. The van der Waals surface area contributed by atoms with Gasteiger partial charge < -0.3 is 4.74 Å². The zero-order valence-electron chi connectivity index (χ0n) is 12.1. The number of hydrogen-bond acceptors (Lipinski definition) is 3. The summed E-state index contributed by atoms with van der Waals surface area (Å²) in [4.78, 5) is 4.72. The van der Waals surface area contributed by atoms with Gasteiger partial charge in [-0.1, -0.05) is 0 Å². The van der Waals surface area contributed by atoms with Crippen LogP contribution in [0.4, 0.5) is 0 Å². The van der Waals surface area contributed by atoms with Gasteiger partial charge in [0.2, 0.25) is 5.88 Å². The van der Waals surface area contributed by atoms with Crippen molar-refractivity contribution in [3.8, 4) is 5.88 Å². The molecule has 0 bridgehead atoms. The smallest absolute Gasteiger partial charge is 0.218 e. The van der Waals surface area contributed by atoms with E-state index in [-0.39, 0.29) is 0 Å². The molecule has 2 aromatic rings. The second kappa shape index (κ2) is 5.60. The molecule has 5 heteroatoms. The third kappa shape index (κ3) is 2.26. The van der Waals surface area contributed by atoms with Gasteiger partial charge in [0.25, 0.3) is 0 Å². The lowest BCUT2D eigenvalue weighted by Gasteiger charge is -2.20. The van der Waals surface area contributed by atoms with E-state index in [2.05, 4.69) is 12.0 Å². The fourth-order valence-corrected chi connectivity index (χ4v) is 3.16. The SMILES string of the molecule is Cc1nn(C)c2nc(OCCCCl)c3c(c12)CCCC3. The second-order valence-electron chi connectivity index (χ2n) is 5.38. The van der Waals surface area contributed by atoms with Crippen LogP contribution in [0.3, 0.4) is 0 Å². The van der Waals surface area contributed by atoms with Crippen molar-refractivity contribution in [1.29, 1.82) is 0 Å². The Labute approximate surface area is 124 Å². The molecule has 0 aromatic carbocycles. The molecule has 0 N–H and O–H groups in total. The Morgan fingerprint density at radius 3 is 2.75 bits per heavy atom. The molecule has 0 spiro atoms. The summed E-state index contributed by atoms with van der Waals surface area (Å²) < 4.78 is 7.74. The molecule has 108 valence electrons. The Hall–Kier alpha value is -1.29. The molecular formula is C15H20ClN3O. The Kier molecular flexibility index (Phi) is 3.83. The van der Waals surface area contributed by atoms with Gasteiger partial charge in [-0.2, -0.15) is 10.1 Å². The number of halogens is 1.